The Bertz CT molecular complexity index is 492. The summed E-state index contributed by atoms with van der Waals surface area (Å²) < 4.78 is 0. The lowest BCUT2D eigenvalue weighted by Gasteiger charge is -2.41. The molecule has 21 heavy (non-hydrogen) atoms. The van der Waals surface area contributed by atoms with Crippen LogP contribution in [0.5, 0.6) is 0 Å². The van der Waals surface area contributed by atoms with Gasteiger partial charge in [0.2, 0.25) is 0 Å². The predicted molar refractivity (Wildman–Crippen MR) is 84.8 cm³/mol. The third kappa shape index (κ3) is 2.64. The zero-order chi connectivity index (χ0) is 14.3. The summed E-state index contributed by atoms with van der Waals surface area (Å²) in [4.78, 5) is 5.13. The maximum atomic E-state index is 5.82. The van der Waals surface area contributed by atoms with Gasteiger partial charge in [0.1, 0.15) is 0 Å². The van der Waals surface area contributed by atoms with E-state index in [1.54, 1.807) is 0 Å². The lowest BCUT2D eigenvalue weighted by Crippen LogP contribution is -2.44. The number of nitrogens with zero attached hydrogens (tertiary/aromatic N) is 4. The minimum atomic E-state index is 0.471. The van der Waals surface area contributed by atoms with Gasteiger partial charge in [-0.3, -0.25) is 4.90 Å². The molecule has 1 aromatic heterocycles. The molecule has 0 bridgehead atoms. The summed E-state index contributed by atoms with van der Waals surface area (Å²) in [5.74, 6) is 0.975. The second-order valence-electron chi connectivity index (χ2n) is 7.01. The number of likely N-dealkylation sites (tertiary alicyclic amines) is 1. The summed E-state index contributed by atoms with van der Waals surface area (Å²) in [6.45, 7) is 4.87. The van der Waals surface area contributed by atoms with Crippen LogP contribution in [0.4, 0.5) is 5.82 Å². The molecule has 4 rings (SSSR count). The fraction of sp³-hybridized carbons (Fsp3) is 0.750. The van der Waals surface area contributed by atoms with E-state index in [1.165, 1.54) is 51.6 Å². The first-order valence-electron chi connectivity index (χ1n) is 8.22. The molecule has 114 valence electrons. The average Bonchev–Trinajstić information content (AvgIpc) is 2.83. The molecule has 0 N–H and O–H groups in total. The van der Waals surface area contributed by atoms with Gasteiger partial charge in [-0.05, 0) is 56.2 Å². The van der Waals surface area contributed by atoms with Gasteiger partial charge >= 0.3 is 0 Å². The predicted octanol–water partition coefficient (Wildman–Crippen LogP) is 2.97. The van der Waals surface area contributed by atoms with Gasteiger partial charge in [0.15, 0.2) is 11.0 Å². The second-order valence-corrected chi connectivity index (χ2v) is 7.39. The van der Waals surface area contributed by atoms with Crippen molar-refractivity contribution in [3.05, 3.63) is 17.3 Å². The quantitative estimate of drug-likeness (QED) is 0.841. The van der Waals surface area contributed by atoms with Crippen LogP contribution in [0, 0.1) is 5.41 Å². The van der Waals surface area contributed by atoms with Crippen LogP contribution in [0.1, 0.15) is 38.5 Å². The van der Waals surface area contributed by atoms with Gasteiger partial charge < -0.3 is 4.90 Å². The van der Waals surface area contributed by atoms with Crippen LogP contribution in [0.15, 0.2) is 12.1 Å². The molecule has 3 aliphatic rings. The topological polar surface area (TPSA) is 32.3 Å². The number of hydrogen-bond donors (Lipinski definition) is 0. The van der Waals surface area contributed by atoms with Gasteiger partial charge in [-0.2, -0.15) is 0 Å². The highest BCUT2D eigenvalue weighted by molar-refractivity contribution is 6.29. The molecule has 2 aliphatic heterocycles. The molecular formula is C16H23ClN4. The largest absolute Gasteiger partial charge is 0.355 e. The standard InChI is InChI=1S/C16H23ClN4/c17-14-4-5-15(19-18-14)20-9-6-16(7-10-20)8-11-21(12-16)13-2-1-3-13/h4-5,13H,1-3,6-12H2. The maximum absolute atomic E-state index is 5.82. The van der Waals surface area contributed by atoms with Crippen molar-refractivity contribution < 1.29 is 0 Å². The molecule has 0 unspecified atom stereocenters. The van der Waals surface area contributed by atoms with Gasteiger partial charge in [0, 0.05) is 25.7 Å². The van der Waals surface area contributed by atoms with Gasteiger partial charge in [-0.25, -0.2) is 0 Å². The summed E-state index contributed by atoms with van der Waals surface area (Å²) in [5.41, 5.74) is 0.575. The first kappa shape index (κ1) is 13.8. The van der Waals surface area contributed by atoms with Crippen LogP contribution >= 0.6 is 11.6 Å². The minimum Gasteiger partial charge on any atom is -0.355 e. The van der Waals surface area contributed by atoms with Crippen LogP contribution in [0.25, 0.3) is 0 Å². The molecule has 0 atom stereocenters. The Morgan fingerprint density at radius 3 is 2.43 bits per heavy atom. The van der Waals surface area contributed by atoms with Crippen LogP contribution in [0.3, 0.4) is 0 Å². The van der Waals surface area contributed by atoms with E-state index < -0.39 is 0 Å². The van der Waals surface area contributed by atoms with Crippen molar-refractivity contribution >= 4 is 17.4 Å². The van der Waals surface area contributed by atoms with Crippen molar-refractivity contribution in [1.29, 1.82) is 0 Å². The highest BCUT2D eigenvalue weighted by Crippen LogP contribution is 2.43. The van der Waals surface area contributed by atoms with Gasteiger partial charge in [0.05, 0.1) is 0 Å². The lowest BCUT2D eigenvalue weighted by atomic mass is 9.77. The molecule has 1 aliphatic carbocycles. The van der Waals surface area contributed by atoms with Crippen LogP contribution < -0.4 is 4.90 Å². The Labute approximate surface area is 131 Å². The molecular weight excluding hydrogens is 284 g/mol. The number of hydrogen-bond acceptors (Lipinski definition) is 4. The van der Waals surface area contributed by atoms with E-state index in [-0.39, 0.29) is 0 Å². The molecule has 0 aromatic carbocycles. The van der Waals surface area contributed by atoms with Gasteiger partial charge in [-0.15, -0.1) is 10.2 Å². The summed E-state index contributed by atoms with van der Waals surface area (Å²) >= 11 is 5.82. The molecule has 3 fully saturated rings. The average molecular weight is 307 g/mol. The van der Waals surface area contributed by atoms with E-state index in [0.717, 1.165) is 24.9 Å². The highest BCUT2D eigenvalue weighted by atomic mass is 35.5. The van der Waals surface area contributed by atoms with Crippen molar-refractivity contribution in [2.45, 2.75) is 44.6 Å². The summed E-state index contributed by atoms with van der Waals surface area (Å²) in [6, 6.07) is 4.73. The molecule has 1 saturated carbocycles. The lowest BCUT2D eigenvalue weighted by molar-refractivity contribution is 0.127. The third-order valence-electron chi connectivity index (χ3n) is 5.82. The molecule has 0 amide bonds. The van der Waals surface area contributed by atoms with Gasteiger partial charge in [0.25, 0.3) is 0 Å². The van der Waals surface area contributed by atoms with Crippen molar-refractivity contribution in [2.24, 2.45) is 5.41 Å². The van der Waals surface area contributed by atoms with E-state index in [4.69, 9.17) is 11.6 Å². The first-order valence-corrected chi connectivity index (χ1v) is 8.60. The molecule has 0 radical (unpaired) electrons. The number of rotatable bonds is 2. The van der Waals surface area contributed by atoms with Crippen molar-refractivity contribution in [1.82, 2.24) is 15.1 Å². The molecule has 5 heteroatoms. The van der Waals surface area contributed by atoms with Gasteiger partial charge in [-0.1, -0.05) is 18.0 Å². The van der Waals surface area contributed by atoms with E-state index >= 15 is 0 Å². The molecule has 2 saturated heterocycles. The van der Waals surface area contributed by atoms with Crippen molar-refractivity contribution in [2.75, 3.05) is 31.1 Å². The Hall–Kier alpha value is -0.870. The van der Waals surface area contributed by atoms with Crippen molar-refractivity contribution in [3.63, 3.8) is 0 Å². The maximum Gasteiger partial charge on any atom is 0.151 e. The highest BCUT2D eigenvalue weighted by Gasteiger charge is 2.43. The Morgan fingerprint density at radius 1 is 1.05 bits per heavy atom. The SMILES string of the molecule is Clc1ccc(N2CCC3(CC2)CCN(C2CCC2)C3)nn1. The monoisotopic (exact) mass is 306 g/mol. The number of piperidine rings is 1. The van der Waals surface area contributed by atoms with E-state index in [0.29, 0.717) is 10.6 Å². The zero-order valence-electron chi connectivity index (χ0n) is 12.5. The second kappa shape index (κ2) is 5.40. The number of anilines is 1. The van der Waals surface area contributed by atoms with E-state index in [1.807, 2.05) is 12.1 Å². The summed E-state index contributed by atoms with van der Waals surface area (Å²) in [7, 11) is 0. The number of aromatic nitrogens is 2. The normalized spacial score (nSPS) is 26.2. The first-order chi connectivity index (χ1) is 10.2. The summed E-state index contributed by atoms with van der Waals surface area (Å²) in [5, 5.41) is 8.65. The Balaban J connectivity index is 1.37. The van der Waals surface area contributed by atoms with Crippen LogP contribution in [-0.4, -0.2) is 47.3 Å². The Kier molecular flexibility index (Phi) is 3.54. The minimum absolute atomic E-state index is 0.471. The fourth-order valence-electron chi connectivity index (χ4n) is 4.13. The molecule has 3 heterocycles. The van der Waals surface area contributed by atoms with Crippen LogP contribution in [0.2, 0.25) is 5.15 Å². The third-order valence-corrected chi connectivity index (χ3v) is 6.03. The van der Waals surface area contributed by atoms with Crippen LogP contribution in [-0.2, 0) is 0 Å². The van der Waals surface area contributed by atoms with Crippen molar-refractivity contribution in [3.8, 4) is 0 Å². The Morgan fingerprint density at radius 2 is 1.81 bits per heavy atom. The number of halogens is 1. The summed E-state index contributed by atoms with van der Waals surface area (Å²) in [6.07, 6.45) is 8.28. The van der Waals surface area contributed by atoms with E-state index in [2.05, 4.69) is 20.0 Å². The smallest absolute Gasteiger partial charge is 0.151 e. The zero-order valence-corrected chi connectivity index (χ0v) is 13.2. The van der Waals surface area contributed by atoms with E-state index in [9.17, 15) is 0 Å². The molecule has 1 aromatic rings. The molecule has 1 spiro atoms. The fourth-order valence-corrected chi connectivity index (χ4v) is 4.23. The molecule has 4 nitrogen and oxygen atoms in total.